The van der Waals surface area contributed by atoms with Gasteiger partial charge in [0, 0.05) is 11.3 Å². The number of aryl methyl sites for hydroxylation is 1. The van der Waals surface area contributed by atoms with Crippen molar-refractivity contribution in [2.75, 3.05) is 0 Å². The Kier molecular flexibility index (Phi) is 3.91. The molecule has 2 aromatic rings. The highest BCUT2D eigenvalue weighted by atomic mass is 32.1. The van der Waals surface area contributed by atoms with Crippen molar-refractivity contribution in [1.82, 2.24) is 15.0 Å². The van der Waals surface area contributed by atoms with E-state index in [2.05, 4.69) is 10.3 Å². The van der Waals surface area contributed by atoms with Crippen molar-refractivity contribution < 1.29 is 19.8 Å². The van der Waals surface area contributed by atoms with Gasteiger partial charge in [-0.15, -0.1) is 16.4 Å². The van der Waals surface area contributed by atoms with E-state index in [0.717, 1.165) is 4.88 Å². The van der Waals surface area contributed by atoms with Crippen molar-refractivity contribution >= 4 is 23.3 Å². The fourth-order valence-electron chi connectivity index (χ4n) is 1.63. The van der Waals surface area contributed by atoms with E-state index < -0.39 is 11.9 Å². The summed E-state index contributed by atoms with van der Waals surface area (Å²) in [5, 5.41) is 26.9. The van der Waals surface area contributed by atoms with Crippen LogP contribution in [0.4, 0.5) is 0 Å². The fourth-order valence-corrected chi connectivity index (χ4v) is 2.34. The van der Waals surface area contributed by atoms with Crippen molar-refractivity contribution in [3.63, 3.8) is 0 Å². The van der Waals surface area contributed by atoms with Crippen LogP contribution in [0, 0.1) is 0 Å². The van der Waals surface area contributed by atoms with Crippen molar-refractivity contribution in [1.29, 1.82) is 0 Å². The smallest absolute Gasteiger partial charge is 0.358 e. The molecule has 0 atom stereocenters. The van der Waals surface area contributed by atoms with Gasteiger partial charge < -0.3 is 10.2 Å². The van der Waals surface area contributed by atoms with Crippen LogP contribution in [0.2, 0.25) is 0 Å². The Bertz CT molecular complexity index is 591. The van der Waals surface area contributed by atoms with Crippen molar-refractivity contribution in [2.24, 2.45) is 0 Å². The van der Waals surface area contributed by atoms with E-state index in [9.17, 15) is 9.59 Å². The van der Waals surface area contributed by atoms with E-state index in [1.165, 1.54) is 16.0 Å². The second-order valence-corrected chi connectivity index (χ2v) is 4.85. The number of rotatable bonds is 6. The van der Waals surface area contributed by atoms with E-state index in [1.807, 2.05) is 17.5 Å². The Morgan fingerprint density at radius 3 is 2.74 bits per heavy atom. The van der Waals surface area contributed by atoms with Crippen molar-refractivity contribution in [2.45, 2.75) is 19.4 Å². The Morgan fingerprint density at radius 2 is 2.16 bits per heavy atom. The number of aliphatic carboxylic acids is 1. The molecule has 2 aromatic heterocycles. The van der Waals surface area contributed by atoms with Gasteiger partial charge in [0.1, 0.15) is 0 Å². The van der Waals surface area contributed by atoms with E-state index in [1.54, 1.807) is 0 Å². The molecule has 0 bridgehead atoms. The number of hydrogen-bond donors (Lipinski definition) is 2. The average molecular weight is 281 g/mol. The fraction of sp³-hybridized carbons (Fsp3) is 0.273. The molecule has 0 saturated carbocycles. The molecule has 0 amide bonds. The largest absolute Gasteiger partial charge is 0.481 e. The Hall–Kier alpha value is -2.22. The minimum atomic E-state index is -1.16. The van der Waals surface area contributed by atoms with Crippen molar-refractivity contribution in [3.8, 4) is 0 Å². The molecule has 19 heavy (non-hydrogen) atoms. The number of hydrogen-bond acceptors (Lipinski definition) is 5. The van der Waals surface area contributed by atoms with Gasteiger partial charge in [0.25, 0.3) is 0 Å². The van der Waals surface area contributed by atoms with Crippen LogP contribution in [0.25, 0.3) is 0 Å². The summed E-state index contributed by atoms with van der Waals surface area (Å²) < 4.78 is 1.34. The molecule has 0 saturated heterocycles. The first kappa shape index (κ1) is 13.2. The molecular formula is C11H11N3O4S. The third-order valence-electron chi connectivity index (χ3n) is 2.50. The summed E-state index contributed by atoms with van der Waals surface area (Å²) in [7, 11) is 0. The van der Waals surface area contributed by atoms with Crippen LogP contribution in [-0.4, -0.2) is 37.1 Å². The predicted octanol–water partition coefficient (Wildman–Crippen LogP) is 1.10. The number of carbonyl (C=O) groups is 2. The third kappa shape index (κ3) is 3.16. The SMILES string of the molecule is O=C(O)CCn1nnc(C(=O)O)c1Cc1cccs1. The minimum absolute atomic E-state index is 0.107. The van der Waals surface area contributed by atoms with Crippen LogP contribution < -0.4 is 0 Å². The molecule has 0 aliphatic heterocycles. The van der Waals surface area contributed by atoms with Crippen LogP contribution in [0.5, 0.6) is 0 Å². The third-order valence-corrected chi connectivity index (χ3v) is 3.38. The first-order valence-electron chi connectivity index (χ1n) is 5.47. The maximum Gasteiger partial charge on any atom is 0.358 e. The number of aromatic nitrogens is 3. The molecule has 2 rings (SSSR count). The number of nitrogens with zero attached hydrogens (tertiary/aromatic N) is 3. The summed E-state index contributed by atoms with van der Waals surface area (Å²) >= 11 is 1.50. The minimum Gasteiger partial charge on any atom is -0.481 e. The normalized spacial score (nSPS) is 10.5. The van der Waals surface area contributed by atoms with Gasteiger partial charge in [-0.2, -0.15) is 0 Å². The van der Waals surface area contributed by atoms with Crippen LogP contribution in [-0.2, 0) is 17.8 Å². The summed E-state index contributed by atoms with van der Waals surface area (Å²) in [6.45, 7) is 0.107. The summed E-state index contributed by atoms with van der Waals surface area (Å²) in [4.78, 5) is 22.6. The van der Waals surface area contributed by atoms with Crippen molar-refractivity contribution in [3.05, 3.63) is 33.8 Å². The summed E-state index contributed by atoms with van der Waals surface area (Å²) in [5.74, 6) is -2.12. The van der Waals surface area contributed by atoms with Gasteiger partial charge in [-0.1, -0.05) is 11.3 Å². The second-order valence-electron chi connectivity index (χ2n) is 3.81. The number of carboxylic acid groups (broad SMARTS) is 2. The molecular weight excluding hydrogens is 270 g/mol. The molecule has 0 fully saturated rings. The van der Waals surface area contributed by atoms with Crippen LogP contribution in [0.1, 0.15) is 27.5 Å². The lowest BCUT2D eigenvalue weighted by molar-refractivity contribution is -0.137. The van der Waals surface area contributed by atoms with Gasteiger partial charge in [0.05, 0.1) is 18.7 Å². The van der Waals surface area contributed by atoms with Gasteiger partial charge in [-0.25, -0.2) is 9.48 Å². The molecule has 0 radical (unpaired) electrons. The Balaban J connectivity index is 2.27. The standard InChI is InChI=1S/C11H11N3O4S/c15-9(16)3-4-14-8(6-7-2-1-5-19-7)10(11(17)18)12-13-14/h1-2,5H,3-4,6H2,(H,15,16)(H,17,18). The Morgan fingerprint density at radius 1 is 1.37 bits per heavy atom. The second kappa shape index (κ2) is 5.61. The number of aromatic carboxylic acids is 1. The zero-order valence-electron chi connectivity index (χ0n) is 9.81. The topological polar surface area (TPSA) is 105 Å². The lowest BCUT2D eigenvalue weighted by atomic mass is 10.2. The molecule has 0 aliphatic rings. The van der Waals surface area contributed by atoms with Gasteiger partial charge in [0.2, 0.25) is 0 Å². The zero-order valence-corrected chi connectivity index (χ0v) is 10.6. The molecule has 2 N–H and O–H groups in total. The van der Waals surface area contributed by atoms with Gasteiger partial charge in [-0.3, -0.25) is 4.79 Å². The maximum atomic E-state index is 11.1. The summed E-state index contributed by atoms with van der Waals surface area (Å²) in [6.07, 6.45) is 0.256. The van der Waals surface area contributed by atoms with Crippen LogP contribution in [0.15, 0.2) is 17.5 Å². The summed E-state index contributed by atoms with van der Waals surface area (Å²) in [6, 6.07) is 3.75. The molecule has 0 aliphatic carbocycles. The van der Waals surface area contributed by atoms with Gasteiger partial charge >= 0.3 is 11.9 Å². The first-order chi connectivity index (χ1) is 9.08. The molecule has 7 nitrogen and oxygen atoms in total. The number of thiophene rings is 1. The average Bonchev–Trinajstić information content (AvgIpc) is 2.96. The lowest BCUT2D eigenvalue weighted by Crippen LogP contribution is -2.11. The number of carboxylic acids is 2. The lowest BCUT2D eigenvalue weighted by Gasteiger charge is -2.04. The van der Waals surface area contributed by atoms with E-state index in [0.29, 0.717) is 12.1 Å². The highest BCUT2D eigenvalue weighted by Gasteiger charge is 2.19. The molecule has 8 heteroatoms. The molecule has 0 spiro atoms. The van der Waals surface area contributed by atoms with Gasteiger partial charge in [0.15, 0.2) is 5.69 Å². The summed E-state index contributed by atoms with van der Waals surface area (Å²) in [5.41, 5.74) is 0.301. The highest BCUT2D eigenvalue weighted by molar-refractivity contribution is 7.09. The molecule has 2 heterocycles. The molecule has 0 unspecified atom stereocenters. The highest BCUT2D eigenvalue weighted by Crippen LogP contribution is 2.17. The monoisotopic (exact) mass is 281 g/mol. The maximum absolute atomic E-state index is 11.1. The predicted molar refractivity (Wildman–Crippen MR) is 66.4 cm³/mol. The zero-order chi connectivity index (χ0) is 13.8. The Labute approximate surface area is 112 Å². The first-order valence-corrected chi connectivity index (χ1v) is 6.35. The molecule has 100 valence electrons. The van der Waals surface area contributed by atoms with E-state index in [4.69, 9.17) is 10.2 Å². The van der Waals surface area contributed by atoms with Crippen LogP contribution in [0.3, 0.4) is 0 Å². The molecule has 0 aromatic carbocycles. The van der Waals surface area contributed by atoms with Gasteiger partial charge in [-0.05, 0) is 11.4 Å². The van der Waals surface area contributed by atoms with E-state index in [-0.39, 0.29) is 18.7 Å². The van der Waals surface area contributed by atoms with E-state index >= 15 is 0 Å². The quantitative estimate of drug-likeness (QED) is 0.821. The van der Waals surface area contributed by atoms with Crippen LogP contribution >= 0.6 is 11.3 Å².